The van der Waals surface area contributed by atoms with Crippen LogP contribution in [0.4, 0.5) is 0 Å². The van der Waals surface area contributed by atoms with Gasteiger partial charge in [-0.1, -0.05) is 20.8 Å². The van der Waals surface area contributed by atoms with Gasteiger partial charge in [0.15, 0.2) is 0 Å². The summed E-state index contributed by atoms with van der Waals surface area (Å²) < 4.78 is 0. The molecule has 6 nitrogen and oxygen atoms in total. The smallest absolute Gasteiger partial charge is 0.305 e. The van der Waals surface area contributed by atoms with Crippen LogP contribution in [0.2, 0.25) is 0 Å². The molecule has 0 spiro atoms. The average molecular weight is 284 g/mol. The first-order valence-electron chi connectivity index (χ1n) is 7.13. The van der Waals surface area contributed by atoms with Crippen molar-refractivity contribution >= 4 is 17.8 Å². The van der Waals surface area contributed by atoms with E-state index >= 15 is 0 Å². The molecule has 1 heterocycles. The molecule has 114 valence electrons. The summed E-state index contributed by atoms with van der Waals surface area (Å²) >= 11 is 0. The normalized spacial score (nSPS) is 20.3. The Morgan fingerprint density at radius 2 is 2.10 bits per heavy atom. The Labute approximate surface area is 119 Å². The summed E-state index contributed by atoms with van der Waals surface area (Å²) in [6, 6.07) is -0.366. The third kappa shape index (κ3) is 4.83. The van der Waals surface area contributed by atoms with Crippen LogP contribution < -0.4 is 5.32 Å². The van der Waals surface area contributed by atoms with Crippen molar-refractivity contribution in [1.29, 1.82) is 0 Å². The highest BCUT2D eigenvalue weighted by Crippen LogP contribution is 2.19. The maximum Gasteiger partial charge on any atom is 0.305 e. The van der Waals surface area contributed by atoms with Crippen LogP contribution in [0.25, 0.3) is 0 Å². The molecule has 2 amide bonds. The van der Waals surface area contributed by atoms with E-state index in [2.05, 4.69) is 5.32 Å². The van der Waals surface area contributed by atoms with E-state index in [4.69, 9.17) is 5.11 Å². The Morgan fingerprint density at radius 3 is 2.60 bits per heavy atom. The number of carbonyl (C=O) groups excluding carboxylic acids is 2. The molecule has 1 aliphatic rings. The fraction of sp³-hybridized carbons (Fsp3) is 0.786. The largest absolute Gasteiger partial charge is 0.481 e. The van der Waals surface area contributed by atoms with Gasteiger partial charge in [0.05, 0.1) is 12.3 Å². The fourth-order valence-corrected chi connectivity index (χ4v) is 2.39. The van der Waals surface area contributed by atoms with Gasteiger partial charge < -0.3 is 15.3 Å². The van der Waals surface area contributed by atoms with Gasteiger partial charge in [0.1, 0.15) is 0 Å². The Balaban J connectivity index is 2.52. The summed E-state index contributed by atoms with van der Waals surface area (Å²) in [7, 11) is 0. The van der Waals surface area contributed by atoms with Gasteiger partial charge in [-0.3, -0.25) is 14.4 Å². The lowest BCUT2D eigenvalue weighted by atomic mass is 10.1. The second kappa shape index (κ2) is 7.26. The quantitative estimate of drug-likeness (QED) is 0.726. The third-order valence-electron chi connectivity index (χ3n) is 3.43. The summed E-state index contributed by atoms with van der Waals surface area (Å²) in [6.07, 6.45) is 0.703. The second-order valence-electron chi connectivity index (χ2n) is 5.81. The molecule has 0 aromatic heterocycles. The van der Waals surface area contributed by atoms with Crippen LogP contribution in [-0.2, 0) is 14.4 Å². The minimum Gasteiger partial charge on any atom is -0.481 e. The molecule has 0 aromatic rings. The lowest BCUT2D eigenvalue weighted by Gasteiger charge is -2.20. The molecule has 0 aliphatic carbocycles. The van der Waals surface area contributed by atoms with Crippen molar-refractivity contribution in [2.75, 3.05) is 13.1 Å². The number of rotatable bonds is 7. The van der Waals surface area contributed by atoms with E-state index in [-0.39, 0.29) is 36.6 Å². The van der Waals surface area contributed by atoms with Crippen molar-refractivity contribution in [2.24, 2.45) is 11.8 Å². The van der Waals surface area contributed by atoms with Gasteiger partial charge in [-0.15, -0.1) is 0 Å². The number of likely N-dealkylation sites (tertiary alicyclic amines) is 1. The molecule has 2 N–H and O–H groups in total. The van der Waals surface area contributed by atoms with Crippen molar-refractivity contribution in [3.63, 3.8) is 0 Å². The molecule has 0 saturated carbocycles. The number of aliphatic carboxylic acids is 1. The molecule has 1 rings (SSSR count). The monoisotopic (exact) mass is 284 g/mol. The summed E-state index contributed by atoms with van der Waals surface area (Å²) in [5, 5.41) is 11.5. The summed E-state index contributed by atoms with van der Waals surface area (Å²) in [5.74, 6) is -1.12. The molecule has 20 heavy (non-hydrogen) atoms. The number of carboxylic acids is 1. The van der Waals surface area contributed by atoms with Gasteiger partial charge in [-0.2, -0.15) is 0 Å². The Hall–Kier alpha value is -1.59. The number of nitrogens with zero attached hydrogens (tertiary/aromatic N) is 1. The topological polar surface area (TPSA) is 86.7 Å². The zero-order chi connectivity index (χ0) is 15.3. The molecule has 6 heteroatoms. The van der Waals surface area contributed by atoms with Crippen molar-refractivity contribution in [3.8, 4) is 0 Å². The van der Waals surface area contributed by atoms with E-state index < -0.39 is 5.97 Å². The van der Waals surface area contributed by atoms with E-state index in [1.54, 1.807) is 4.90 Å². The van der Waals surface area contributed by atoms with Crippen LogP contribution in [0.1, 0.15) is 40.0 Å². The summed E-state index contributed by atoms with van der Waals surface area (Å²) in [4.78, 5) is 36.3. The lowest BCUT2D eigenvalue weighted by molar-refractivity contribution is -0.138. The number of nitrogens with one attached hydrogen (secondary N) is 1. The average Bonchev–Trinajstić information content (AvgIpc) is 2.68. The standard InChI is InChI=1S/C14H24N2O4/c1-4-11(6-13(18)19)15-14(20)10-5-12(17)16(8-10)7-9(2)3/h9-11H,4-8H2,1-3H3,(H,15,20)(H,18,19). The number of carboxylic acid groups (broad SMARTS) is 1. The first kappa shape index (κ1) is 16.5. The van der Waals surface area contributed by atoms with Crippen molar-refractivity contribution in [2.45, 2.75) is 46.1 Å². The lowest BCUT2D eigenvalue weighted by Crippen LogP contribution is -2.40. The number of hydrogen-bond donors (Lipinski definition) is 2. The van der Waals surface area contributed by atoms with Gasteiger partial charge in [0, 0.05) is 25.6 Å². The second-order valence-corrected chi connectivity index (χ2v) is 5.81. The van der Waals surface area contributed by atoms with Crippen LogP contribution in [0.3, 0.4) is 0 Å². The Bertz CT molecular complexity index is 381. The highest BCUT2D eigenvalue weighted by Gasteiger charge is 2.35. The molecule has 0 radical (unpaired) electrons. The maximum absolute atomic E-state index is 12.1. The highest BCUT2D eigenvalue weighted by molar-refractivity contribution is 5.89. The first-order chi connectivity index (χ1) is 9.33. The van der Waals surface area contributed by atoms with Gasteiger partial charge >= 0.3 is 5.97 Å². The van der Waals surface area contributed by atoms with Crippen LogP contribution >= 0.6 is 0 Å². The van der Waals surface area contributed by atoms with Crippen LogP contribution in [-0.4, -0.2) is 46.9 Å². The van der Waals surface area contributed by atoms with E-state index in [0.717, 1.165) is 0 Å². The van der Waals surface area contributed by atoms with E-state index in [1.165, 1.54) is 0 Å². The fourth-order valence-electron chi connectivity index (χ4n) is 2.39. The van der Waals surface area contributed by atoms with E-state index in [0.29, 0.717) is 25.4 Å². The van der Waals surface area contributed by atoms with Crippen LogP contribution in [0.15, 0.2) is 0 Å². The molecule has 2 unspecified atom stereocenters. The number of carbonyl (C=O) groups is 3. The van der Waals surface area contributed by atoms with E-state index in [1.807, 2.05) is 20.8 Å². The molecule has 0 aromatic carbocycles. The third-order valence-corrected chi connectivity index (χ3v) is 3.43. The predicted molar refractivity (Wildman–Crippen MR) is 74.0 cm³/mol. The molecule has 1 aliphatic heterocycles. The van der Waals surface area contributed by atoms with Crippen LogP contribution in [0, 0.1) is 11.8 Å². The molecule has 1 fully saturated rings. The SMILES string of the molecule is CCC(CC(=O)O)NC(=O)C1CC(=O)N(CC(C)C)C1. The van der Waals surface area contributed by atoms with Gasteiger partial charge in [0.2, 0.25) is 11.8 Å². The minimum absolute atomic E-state index is 0.00475. The molecule has 0 bridgehead atoms. The number of amides is 2. The molecular formula is C14H24N2O4. The minimum atomic E-state index is -0.930. The summed E-state index contributed by atoms with van der Waals surface area (Å²) in [5.41, 5.74) is 0. The zero-order valence-corrected chi connectivity index (χ0v) is 12.4. The molecule has 1 saturated heterocycles. The Morgan fingerprint density at radius 1 is 1.45 bits per heavy atom. The van der Waals surface area contributed by atoms with Crippen molar-refractivity contribution in [3.05, 3.63) is 0 Å². The number of hydrogen-bond acceptors (Lipinski definition) is 3. The first-order valence-corrected chi connectivity index (χ1v) is 7.13. The van der Waals surface area contributed by atoms with Gasteiger partial charge in [-0.05, 0) is 12.3 Å². The van der Waals surface area contributed by atoms with Crippen LogP contribution in [0.5, 0.6) is 0 Å². The van der Waals surface area contributed by atoms with Gasteiger partial charge in [0.25, 0.3) is 0 Å². The predicted octanol–water partition coefficient (Wildman–Crippen LogP) is 0.860. The molecular weight excluding hydrogens is 260 g/mol. The Kier molecular flexibility index (Phi) is 5.98. The van der Waals surface area contributed by atoms with Gasteiger partial charge in [-0.25, -0.2) is 0 Å². The van der Waals surface area contributed by atoms with Crippen molar-refractivity contribution < 1.29 is 19.5 Å². The van der Waals surface area contributed by atoms with E-state index in [9.17, 15) is 14.4 Å². The maximum atomic E-state index is 12.1. The zero-order valence-electron chi connectivity index (χ0n) is 12.4. The molecule has 2 atom stereocenters. The summed E-state index contributed by atoms with van der Waals surface area (Å²) in [6.45, 7) is 6.99. The highest BCUT2D eigenvalue weighted by atomic mass is 16.4. The van der Waals surface area contributed by atoms with Crippen molar-refractivity contribution in [1.82, 2.24) is 10.2 Å².